The number of nitrogens with two attached hydrogens (primary N) is 1. The molecule has 0 spiro atoms. The van der Waals surface area contributed by atoms with Gasteiger partial charge in [0.05, 0.1) is 11.4 Å². The largest absolute Gasteiger partial charge is 0.370 e. The van der Waals surface area contributed by atoms with Gasteiger partial charge in [-0.15, -0.1) is 0 Å². The molecular weight excluding hydrogens is 242 g/mol. The molecule has 0 bridgehead atoms. The van der Waals surface area contributed by atoms with Crippen molar-refractivity contribution >= 4 is 23.2 Å². The van der Waals surface area contributed by atoms with E-state index >= 15 is 0 Å². The van der Waals surface area contributed by atoms with Crippen molar-refractivity contribution in [2.24, 2.45) is 5.73 Å². The van der Waals surface area contributed by atoms with E-state index in [1.54, 1.807) is 13.8 Å². The molecule has 2 rings (SSSR count). The molecule has 1 unspecified atom stereocenters. The molecule has 102 valence electrons. The summed E-state index contributed by atoms with van der Waals surface area (Å²) < 4.78 is 0. The third-order valence-electron chi connectivity index (χ3n) is 3.39. The van der Waals surface area contributed by atoms with E-state index in [0.29, 0.717) is 12.1 Å². The molecule has 1 atom stereocenters. The van der Waals surface area contributed by atoms with E-state index in [2.05, 4.69) is 5.32 Å². The van der Waals surface area contributed by atoms with Crippen molar-refractivity contribution < 1.29 is 9.59 Å². The second-order valence-electron chi connectivity index (χ2n) is 5.27. The Morgan fingerprint density at radius 3 is 2.63 bits per heavy atom. The molecule has 0 saturated heterocycles. The molecule has 3 N–H and O–H groups in total. The molecule has 0 fully saturated rings. The van der Waals surface area contributed by atoms with Crippen LogP contribution >= 0.6 is 0 Å². The van der Waals surface area contributed by atoms with Gasteiger partial charge in [0.2, 0.25) is 5.91 Å². The fourth-order valence-electron chi connectivity index (χ4n) is 2.41. The summed E-state index contributed by atoms with van der Waals surface area (Å²) in [6.45, 7) is 5.44. The fraction of sp³-hybridized carbons (Fsp3) is 0.429. The quantitative estimate of drug-likeness (QED) is 0.865. The highest BCUT2D eigenvalue weighted by Crippen LogP contribution is 2.36. The summed E-state index contributed by atoms with van der Waals surface area (Å²) in [5, 5.41) is 3.19. The number of anilines is 2. The van der Waals surface area contributed by atoms with E-state index in [9.17, 15) is 9.59 Å². The molecule has 1 aliphatic heterocycles. The predicted molar refractivity (Wildman–Crippen MR) is 74.9 cm³/mol. The van der Waals surface area contributed by atoms with Gasteiger partial charge < -0.3 is 11.1 Å². The summed E-state index contributed by atoms with van der Waals surface area (Å²) in [6.07, 6.45) is 0.492. The van der Waals surface area contributed by atoms with Crippen LogP contribution in [0.2, 0.25) is 0 Å². The van der Waals surface area contributed by atoms with Gasteiger partial charge >= 0.3 is 0 Å². The van der Waals surface area contributed by atoms with E-state index in [4.69, 9.17) is 5.73 Å². The van der Waals surface area contributed by atoms with E-state index < -0.39 is 17.5 Å². The maximum Gasteiger partial charge on any atom is 0.252 e. The first-order valence-electron chi connectivity index (χ1n) is 6.38. The van der Waals surface area contributed by atoms with Crippen LogP contribution in [0.4, 0.5) is 11.4 Å². The summed E-state index contributed by atoms with van der Waals surface area (Å²) >= 11 is 0. The zero-order chi connectivity index (χ0) is 14.2. The van der Waals surface area contributed by atoms with Gasteiger partial charge in [-0.3, -0.25) is 14.5 Å². The van der Waals surface area contributed by atoms with Crippen LogP contribution < -0.4 is 16.0 Å². The second kappa shape index (κ2) is 4.57. The van der Waals surface area contributed by atoms with Crippen molar-refractivity contribution in [1.29, 1.82) is 0 Å². The smallest absolute Gasteiger partial charge is 0.252 e. The Bertz CT molecular complexity index is 525. The lowest BCUT2D eigenvalue weighted by Gasteiger charge is -2.42. The maximum absolute atomic E-state index is 12.6. The summed E-state index contributed by atoms with van der Waals surface area (Å²) in [4.78, 5) is 25.7. The molecule has 1 aliphatic rings. The van der Waals surface area contributed by atoms with Crippen LogP contribution in [0.5, 0.6) is 0 Å². The molecule has 2 amide bonds. The van der Waals surface area contributed by atoms with E-state index in [0.717, 1.165) is 5.69 Å². The van der Waals surface area contributed by atoms with Crippen molar-refractivity contribution in [3.05, 3.63) is 24.3 Å². The summed E-state index contributed by atoms with van der Waals surface area (Å²) in [6, 6.07) is 6.83. The SMILES string of the molecule is CCC(C(N)=O)N1C(=O)C(C)(C)Nc2ccccc21. The number of hydrogen-bond acceptors (Lipinski definition) is 3. The number of carbonyl (C=O) groups is 2. The first-order chi connectivity index (χ1) is 8.88. The summed E-state index contributed by atoms with van der Waals surface area (Å²) in [5.74, 6) is -0.625. The minimum absolute atomic E-state index is 0.142. The topological polar surface area (TPSA) is 75.4 Å². The standard InChI is InChI=1S/C14H19N3O2/c1-4-10(12(15)18)17-11-8-6-5-7-9(11)16-14(2,3)13(17)19/h5-8,10,16H,4H2,1-3H3,(H2,15,18). The van der Waals surface area contributed by atoms with Crippen LogP contribution in [0, 0.1) is 0 Å². The lowest BCUT2D eigenvalue weighted by Crippen LogP contribution is -2.59. The maximum atomic E-state index is 12.6. The van der Waals surface area contributed by atoms with Crippen LogP contribution in [0.25, 0.3) is 0 Å². The third kappa shape index (κ3) is 2.16. The average molecular weight is 261 g/mol. The normalized spacial score (nSPS) is 18.5. The van der Waals surface area contributed by atoms with Crippen molar-refractivity contribution in [2.75, 3.05) is 10.2 Å². The van der Waals surface area contributed by atoms with Gasteiger partial charge in [-0.05, 0) is 32.4 Å². The van der Waals surface area contributed by atoms with Gasteiger partial charge in [0, 0.05) is 0 Å². The van der Waals surface area contributed by atoms with E-state index in [1.165, 1.54) is 4.90 Å². The number of fused-ring (bicyclic) bond motifs is 1. The molecule has 0 saturated carbocycles. The third-order valence-corrected chi connectivity index (χ3v) is 3.39. The molecule has 5 heteroatoms. The zero-order valence-corrected chi connectivity index (χ0v) is 11.4. The number of amides is 2. The van der Waals surface area contributed by atoms with E-state index in [-0.39, 0.29) is 5.91 Å². The monoisotopic (exact) mass is 261 g/mol. The van der Waals surface area contributed by atoms with Gasteiger partial charge in [-0.25, -0.2) is 0 Å². The van der Waals surface area contributed by atoms with Crippen molar-refractivity contribution in [2.45, 2.75) is 38.8 Å². The van der Waals surface area contributed by atoms with Crippen LogP contribution in [-0.4, -0.2) is 23.4 Å². The first-order valence-corrected chi connectivity index (χ1v) is 6.38. The minimum atomic E-state index is -0.753. The number of nitrogens with zero attached hydrogens (tertiary/aromatic N) is 1. The zero-order valence-electron chi connectivity index (χ0n) is 11.4. The molecule has 5 nitrogen and oxygen atoms in total. The van der Waals surface area contributed by atoms with Crippen molar-refractivity contribution in [1.82, 2.24) is 0 Å². The summed E-state index contributed by atoms with van der Waals surface area (Å²) in [5.41, 5.74) is 6.23. The number of benzene rings is 1. The molecule has 19 heavy (non-hydrogen) atoms. The average Bonchev–Trinajstić information content (AvgIpc) is 2.34. The number of hydrogen-bond donors (Lipinski definition) is 2. The molecule has 0 aliphatic carbocycles. The fourth-order valence-corrected chi connectivity index (χ4v) is 2.41. The number of nitrogens with one attached hydrogen (secondary N) is 1. The lowest BCUT2D eigenvalue weighted by molar-refractivity contribution is -0.126. The second-order valence-corrected chi connectivity index (χ2v) is 5.27. The van der Waals surface area contributed by atoms with Crippen molar-refractivity contribution in [3.63, 3.8) is 0 Å². The minimum Gasteiger partial charge on any atom is -0.370 e. The first kappa shape index (κ1) is 13.4. The molecule has 1 aromatic rings. The van der Waals surface area contributed by atoms with Gasteiger partial charge in [-0.2, -0.15) is 0 Å². The predicted octanol–water partition coefficient (Wildman–Crippen LogP) is 1.49. The van der Waals surface area contributed by atoms with Gasteiger partial charge in [0.1, 0.15) is 11.6 Å². The highest BCUT2D eigenvalue weighted by atomic mass is 16.2. The highest BCUT2D eigenvalue weighted by Gasteiger charge is 2.42. The Kier molecular flexibility index (Phi) is 3.22. The highest BCUT2D eigenvalue weighted by molar-refractivity contribution is 6.10. The molecule has 1 aromatic carbocycles. The Morgan fingerprint density at radius 2 is 2.05 bits per heavy atom. The van der Waals surface area contributed by atoms with Crippen LogP contribution in [0.1, 0.15) is 27.2 Å². The van der Waals surface area contributed by atoms with E-state index in [1.807, 2.05) is 31.2 Å². The Morgan fingerprint density at radius 1 is 1.42 bits per heavy atom. The number of rotatable bonds is 3. The lowest BCUT2D eigenvalue weighted by atomic mass is 9.95. The Balaban J connectivity index is 2.57. The Labute approximate surface area is 112 Å². The van der Waals surface area contributed by atoms with Crippen molar-refractivity contribution in [3.8, 4) is 0 Å². The molecule has 0 radical (unpaired) electrons. The number of carbonyl (C=O) groups excluding carboxylic acids is 2. The number of para-hydroxylation sites is 2. The van der Waals surface area contributed by atoms with Gasteiger partial charge in [0.15, 0.2) is 0 Å². The van der Waals surface area contributed by atoms with Gasteiger partial charge in [-0.1, -0.05) is 19.1 Å². The Hall–Kier alpha value is -2.04. The molecule has 1 heterocycles. The molecular formula is C14H19N3O2. The molecule has 0 aromatic heterocycles. The van der Waals surface area contributed by atoms with Gasteiger partial charge in [0.25, 0.3) is 5.91 Å². The van der Waals surface area contributed by atoms with Crippen LogP contribution in [0.3, 0.4) is 0 Å². The summed E-state index contributed by atoms with van der Waals surface area (Å²) in [7, 11) is 0. The number of primary amides is 1. The van der Waals surface area contributed by atoms with Crippen LogP contribution in [-0.2, 0) is 9.59 Å². The van der Waals surface area contributed by atoms with Crippen LogP contribution in [0.15, 0.2) is 24.3 Å².